The third kappa shape index (κ3) is 2.29. The summed E-state index contributed by atoms with van der Waals surface area (Å²) in [7, 11) is 0. The molecule has 0 bridgehead atoms. The number of benzene rings is 1. The number of halogens is 1. The predicted molar refractivity (Wildman–Crippen MR) is 100 cm³/mol. The van der Waals surface area contributed by atoms with Crippen LogP contribution >= 0.6 is 11.6 Å². The lowest BCUT2D eigenvalue weighted by Gasteiger charge is -2.10. The zero-order valence-corrected chi connectivity index (χ0v) is 15.4. The van der Waals surface area contributed by atoms with E-state index in [1.807, 2.05) is 36.1 Å². The Labute approximate surface area is 156 Å². The first-order chi connectivity index (χ1) is 12.6. The summed E-state index contributed by atoms with van der Waals surface area (Å²) in [6.45, 7) is 5.56. The van der Waals surface area contributed by atoms with Crippen molar-refractivity contribution >= 4 is 17.5 Å². The Morgan fingerprint density at radius 3 is 2.96 bits per heavy atom. The van der Waals surface area contributed by atoms with Crippen molar-refractivity contribution in [3.05, 3.63) is 52.7 Å². The van der Waals surface area contributed by atoms with Crippen molar-refractivity contribution in [2.75, 3.05) is 6.61 Å². The summed E-state index contributed by atoms with van der Waals surface area (Å²) in [4.78, 5) is 9.22. The fourth-order valence-corrected chi connectivity index (χ4v) is 3.77. The second-order valence-electron chi connectivity index (χ2n) is 6.70. The summed E-state index contributed by atoms with van der Waals surface area (Å²) < 4.78 is 9.84. The molecule has 0 N–H and O–H groups in total. The maximum Gasteiger partial charge on any atom is 0.237 e. The van der Waals surface area contributed by atoms with Gasteiger partial charge in [-0.25, -0.2) is 9.98 Å². The molecule has 3 aromatic rings. The van der Waals surface area contributed by atoms with E-state index in [1.54, 1.807) is 0 Å². The summed E-state index contributed by atoms with van der Waals surface area (Å²) in [5, 5.41) is 5.47. The van der Waals surface area contributed by atoms with Crippen molar-refractivity contribution in [1.82, 2.24) is 19.3 Å². The van der Waals surface area contributed by atoms with Gasteiger partial charge in [-0.1, -0.05) is 11.6 Å². The van der Waals surface area contributed by atoms with Crippen LogP contribution in [0.4, 0.5) is 0 Å². The average Bonchev–Trinajstić information content (AvgIpc) is 3.32. The molecule has 6 nitrogen and oxygen atoms in total. The number of aromatic nitrogens is 4. The van der Waals surface area contributed by atoms with Crippen LogP contribution < -0.4 is 0 Å². The van der Waals surface area contributed by atoms with E-state index >= 15 is 0 Å². The van der Waals surface area contributed by atoms with Crippen molar-refractivity contribution in [3.8, 4) is 16.9 Å². The smallest absolute Gasteiger partial charge is 0.237 e. The fraction of sp³-hybridized carbons (Fsp3) is 0.316. The van der Waals surface area contributed by atoms with Crippen molar-refractivity contribution in [2.24, 2.45) is 4.99 Å². The van der Waals surface area contributed by atoms with Crippen molar-refractivity contribution in [3.63, 3.8) is 0 Å². The number of ether oxygens (including phenoxy) is 1. The van der Waals surface area contributed by atoms with E-state index in [0.29, 0.717) is 23.9 Å². The van der Waals surface area contributed by atoms with E-state index in [9.17, 15) is 0 Å². The summed E-state index contributed by atoms with van der Waals surface area (Å²) in [6, 6.07) is 6.06. The number of rotatable bonds is 2. The molecule has 0 fully saturated rings. The normalized spacial score (nSPS) is 17.8. The number of imidazole rings is 1. The molecule has 1 aromatic carbocycles. The average molecular weight is 368 g/mol. The minimum Gasteiger partial charge on any atom is -0.474 e. The van der Waals surface area contributed by atoms with Crippen LogP contribution in [-0.4, -0.2) is 37.9 Å². The van der Waals surface area contributed by atoms with Gasteiger partial charge in [0.1, 0.15) is 18.6 Å². The summed E-state index contributed by atoms with van der Waals surface area (Å²) in [5.74, 6) is 0.632. The van der Waals surface area contributed by atoms with Gasteiger partial charge >= 0.3 is 0 Å². The topological polar surface area (TPSA) is 57.2 Å². The molecule has 1 atom stereocenters. The first-order valence-electron chi connectivity index (χ1n) is 8.78. The maximum atomic E-state index is 6.29. The molecule has 0 amide bonds. The van der Waals surface area contributed by atoms with E-state index in [4.69, 9.17) is 21.4 Å². The first-order valence-corrected chi connectivity index (χ1v) is 9.15. The van der Waals surface area contributed by atoms with Gasteiger partial charge in [0, 0.05) is 35.3 Å². The van der Waals surface area contributed by atoms with Gasteiger partial charge in [-0.05, 0) is 32.0 Å². The van der Waals surface area contributed by atoms with E-state index in [-0.39, 0.29) is 6.04 Å². The third-order valence-corrected chi connectivity index (χ3v) is 5.10. The van der Waals surface area contributed by atoms with E-state index in [0.717, 1.165) is 40.4 Å². The van der Waals surface area contributed by atoms with Gasteiger partial charge < -0.3 is 9.30 Å². The zero-order chi connectivity index (χ0) is 17.8. The predicted octanol–water partition coefficient (Wildman–Crippen LogP) is 3.48. The molecule has 26 heavy (non-hydrogen) atoms. The number of aryl methyl sites for hydroxylation is 1. The van der Waals surface area contributed by atoms with Gasteiger partial charge in [0.2, 0.25) is 5.90 Å². The lowest BCUT2D eigenvalue weighted by molar-refractivity contribution is 0.323. The lowest BCUT2D eigenvalue weighted by Crippen LogP contribution is -2.08. The Balaban J connectivity index is 1.76. The molecule has 5 rings (SSSR count). The molecule has 0 saturated heterocycles. The van der Waals surface area contributed by atoms with Gasteiger partial charge in [0.25, 0.3) is 0 Å². The van der Waals surface area contributed by atoms with Crippen LogP contribution in [0.25, 0.3) is 16.9 Å². The van der Waals surface area contributed by atoms with Crippen LogP contribution in [0.2, 0.25) is 5.02 Å². The molecule has 0 aliphatic carbocycles. The van der Waals surface area contributed by atoms with E-state index < -0.39 is 0 Å². The second kappa shape index (κ2) is 5.71. The SMILES string of the molecule is CCn1cc2c(n1)-c1cc(Cl)ccc1-n1cnc(C3=N[C@@H](C)CO3)c1C2. The molecule has 0 radical (unpaired) electrons. The van der Waals surface area contributed by atoms with Crippen molar-refractivity contribution in [1.29, 1.82) is 0 Å². The van der Waals surface area contributed by atoms with Crippen LogP contribution in [-0.2, 0) is 17.7 Å². The highest BCUT2D eigenvalue weighted by atomic mass is 35.5. The molecular formula is C19H18ClN5O. The molecule has 2 aliphatic heterocycles. The Morgan fingerprint density at radius 2 is 2.19 bits per heavy atom. The molecule has 0 spiro atoms. The van der Waals surface area contributed by atoms with Crippen LogP contribution in [0.1, 0.15) is 30.8 Å². The third-order valence-electron chi connectivity index (χ3n) is 4.86. The summed E-state index contributed by atoms with van der Waals surface area (Å²) in [6.07, 6.45) is 4.66. The summed E-state index contributed by atoms with van der Waals surface area (Å²) >= 11 is 6.29. The highest BCUT2D eigenvalue weighted by Crippen LogP contribution is 2.37. The van der Waals surface area contributed by atoms with Gasteiger partial charge in [0.05, 0.1) is 23.1 Å². The number of fused-ring (bicyclic) bond motifs is 5. The van der Waals surface area contributed by atoms with Crippen molar-refractivity contribution < 1.29 is 4.74 Å². The standard InChI is InChI=1S/C19H18ClN5O/c1-3-24-8-12-6-16-18(19-22-11(2)9-26-19)21-10-25(16)15-5-4-13(20)7-14(15)17(12)23-24/h4-5,7-8,10-11H,3,6,9H2,1-2H3/t11-/m0/s1. The Morgan fingerprint density at radius 1 is 1.31 bits per heavy atom. The fourth-order valence-electron chi connectivity index (χ4n) is 3.60. The van der Waals surface area contributed by atoms with Crippen molar-refractivity contribution in [2.45, 2.75) is 32.9 Å². The van der Waals surface area contributed by atoms with Gasteiger partial charge in [-0.2, -0.15) is 5.10 Å². The molecule has 7 heteroatoms. The van der Waals surface area contributed by atoms with Gasteiger partial charge in [-0.3, -0.25) is 4.68 Å². The Kier molecular flexibility index (Phi) is 3.43. The molecule has 2 aliphatic rings. The molecule has 0 unspecified atom stereocenters. The zero-order valence-electron chi connectivity index (χ0n) is 14.6. The second-order valence-corrected chi connectivity index (χ2v) is 7.14. The van der Waals surface area contributed by atoms with Gasteiger partial charge in [0.15, 0.2) is 0 Å². The van der Waals surface area contributed by atoms with E-state index in [1.165, 1.54) is 0 Å². The van der Waals surface area contributed by atoms with E-state index in [2.05, 4.69) is 27.7 Å². The molecule has 132 valence electrons. The van der Waals surface area contributed by atoms with Crippen LogP contribution in [0.5, 0.6) is 0 Å². The number of hydrogen-bond acceptors (Lipinski definition) is 4. The number of nitrogens with zero attached hydrogens (tertiary/aromatic N) is 5. The largest absolute Gasteiger partial charge is 0.474 e. The molecular weight excluding hydrogens is 350 g/mol. The number of aliphatic imine (C=N–C) groups is 1. The number of hydrogen-bond donors (Lipinski definition) is 0. The van der Waals surface area contributed by atoms with Crippen LogP contribution in [0.15, 0.2) is 35.7 Å². The van der Waals surface area contributed by atoms with Gasteiger partial charge in [-0.15, -0.1) is 0 Å². The lowest BCUT2D eigenvalue weighted by atomic mass is 10.0. The molecule has 0 saturated carbocycles. The molecule has 2 aromatic heterocycles. The molecule has 4 heterocycles. The highest BCUT2D eigenvalue weighted by Gasteiger charge is 2.29. The quantitative estimate of drug-likeness (QED) is 0.545. The monoisotopic (exact) mass is 367 g/mol. The Hall–Kier alpha value is -2.60. The highest BCUT2D eigenvalue weighted by molar-refractivity contribution is 6.31. The maximum absolute atomic E-state index is 6.29. The minimum absolute atomic E-state index is 0.164. The first kappa shape index (κ1) is 15.6. The summed E-state index contributed by atoms with van der Waals surface area (Å²) in [5.41, 5.74) is 6.05. The van der Waals surface area contributed by atoms with Crippen LogP contribution in [0.3, 0.4) is 0 Å². The van der Waals surface area contributed by atoms with Crippen LogP contribution in [0, 0.1) is 0 Å². The Bertz CT molecular complexity index is 1050. The minimum atomic E-state index is 0.164.